The Labute approximate surface area is 67.4 Å². The highest BCUT2D eigenvalue weighted by molar-refractivity contribution is 5.64. The maximum absolute atomic E-state index is 5.27. The molecule has 0 bridgehead atoms. The van der Waals surface area contributed by atoms with E-state index in [9.17, 15) is 0 Å². The molecule has 1 unspecified atom stereocenters. The van der Waals surface area contributed by atoms with Gasteiger partial charge >= 0.3 is 0 Å². The number of rotatable bonds is 3. The number of aliphatic imine (C=N–C) groups is 1. The molecule has 0 amide bonds. The normalized spacial score (nSPS) is 22.3. The summed E-state index contributed by atoms with van der Waals surface area (Å²) in [6.07, 6.45) is 6.30. The Bertz CT molecular complexity index is 163. The molecular weight excluding hydrogens is 140 g/mol. The van der Waals surface area contributed by atoms with Crippen molar-refractivity contribution in [2.75, 3.05) is 20.6 Å². The first-order valence-corrected chi connectivity index (χ1v) is 3.77. The van der Waals surface area contributed by atoms with Crippen molar-refractivity contribution in [2.24, 2.45) is 4.99 Å². The summed E-state index contributed by atoms with van der Waals surface area (Å²) in [7, 11) is 4.10. The van der Waals surface area contributed by atoms with E-state index in [-0.39, 0.29) is 6.10 Å². The molecule has 11 heavy (non-hydrogen) atoms. The fourth-order valence-corrected chi connectivity index (χ4v) is 0.880. The summed E-state index contributed by atoms with van der Waals surface area (Å²) < 4.78 is 5.27. The van der Waals surface area contributed by atoms with Crippen LogP contribution in [-0.2, 0) is 4.74 Å². The molecule has 0 spiro atoms. The van der Waals surface area contributed by atoms with E-state index in [1.165, 1.54) is 0 Å². The second-order valence-electron chi connectivity index (χ2n) is 2.85. The van der Waals surface area contributed by atoms with Gasteiger partial charge in [0.25, 0.3) is 0 Å². The Balaban J connectivity index is 2.17. The largest absolute Gasteiger partial charge is 0.491 e. The third kappa shape index (κ3) is 3.18. The fourth-order valence-electron chi connectivity index (χ4n) is 0.880. The smallest absolute Gasteiger partial charge is 0.134 e. The SMILES string of the molecule is CN(C)CCC1C=NC=CO1. The average Bonchev–Trinajstić information content (AvgIpc) is 2.03. The molecule has 1 aliphatic rings. The predicted octanol–water partition coefficient (Wildman–Crippen LogP) is 0.879. The van der Waals surface area contributed by atoms with Gasteiger partial charge < -0.3 is 9.64 Å². The van der Waals surface area contributed by atoms with E-state index in [1.54, 1.807) is 12.5 Å². The zero-order valence-corrected chi connectivity index (χ0v) is 7.03. The quantitative estimate of drug-likeness (QED) is 0.602. The zero-order chi connectivity index (χ0) is 8.10. The predicted molar refractivity (Wildman–Crippen MR) is 45.7 cm³/mol. The summed E-state index contributed by atoms with van der Waals surface area (Å²) in [5.74, 6) is 0. The molecule has 0 aromatic rings. The van der Waals surface area contributed by atoms with E-state index in [2.05, 4.69) is 24.0 Å². The third-order valence-corrected chi connectivity index (χ3v) is 1.51. The van der Waals surface area contributed by atoms with Crippen LogP contribution in [-0.4, -0.2) is 37.9 Å². The molecule has 0 radical (unpaired) electrons. The van der Waals surface area contributed by atoms with Gasteiger partial charge in [-0.25, -0.2) is 0 Å². The van der Waals surface area contributed by atoms with Crippen LogP contribution in [0.15, 0.2) is 17.5 Å². The highest BCUT2D eigenvalue weighted by Gasteiger charge is 2.06. The molecule has 0 fully saturated rings. The molecule has 1 rings (SSSR count). The minimum atomic E-state index is 0.169. The van der Waals surface area contributed by atoms with E-state index >= 15 is 0 Å². The van der Waals surface area contributed by atoms with Gasteiger partial charge in [0.05, 0.1) is 6.20 Å². The first-order valence-electron chi connectivity index (χ1n) is 3.77. The standard InChI is InChI=1S/C8H14N2O/c1-10(2)5-3-8-7-9-4-6-11-8/h4,6-8H,3,5H2,1-2H3. The van der Waals surface area contributed by atoms with Gasteiger partial charge in [-0.05, 0) is 14.1 Å². The van der Waals surface area contributed by atoms with E-state index in [0.717, 1.165) is 13.0 Å². The summed E-state index contributed by atoms with van der Waals surface area (Å²) in [6, 6.07) is 0. The molecule has 3 nitrogen and oxygen atoms in total. The Morgan fingerprint density at radius 3 is 2.91 bits per heavy atom. The van der Waals surface area contributed by atoms with Crippen molar-refractivity contribution in [3.63, 3.8) is 0 Å². The van der Waals surface area contributed by atoms with Crippen molar-refractivity contribution in [1.82, 2.24) is 4.90 Å². The molecule has 1 heterocycles. The van der Waals surface area contributed by atoms with Crippen molar-refractivity contribution in [2.45, 2.75) is 12.5 Å². The van der Waals surface area contributed by atoms with Crippen molar-refractivity contribution < 1.29 is 4.74 Å². The van der Waals surface area contributed by atoms with Gasteiger partial charge in [-0.1, -0.05) is 0 Å². The van der Waals surface area contributed by atoms with Gasteiger partial charge in [-0.2, -0.15) is 0 Å². The molecule has 0 saturated heterocycles. The minimum absolute atomic E-state index is 0.169. The molecule has 1 aliphatic heterocycles. The average molecular weight is 154 g/mol. The Hall–Kier alpha value is -0.830. The van der Waals surface area contributed by atoms with Crippen LogP contribution in [0.3, 0.4) is 0 Å². The van der Waals surface area contributed by atoms with Crippen LogP contribution in [0, 0.1) is 0 Å². The topological polar surface area (TPSA) is 24.8 Å². The number of hydrogen-bond donors (Lipinski definition) is 0. The number of nitrogens with zero attached hydrogens (tertiary/aromatic N) is 2. The van der Waals surface area contributed by atoms with Crippen molar-refractivity contribution in [3.8, 4) is 0 Å². The minimum Gasteiger partial charge on any atom is -0.491 e. The van der Waals surface area contributed by atoms with Gasteiger partial charge in [0.15, 0.2) is 0 Å². The lowest BCUT2D eigenvalue weighted by atomic mass is 10.2. The summed E-state index contributed by atoms with van der Waals surface area (Å²) in [5.41, 5.74) is 0. The molecule has 1 atom stereocenters. The lowest BCUT2D eigenvalue weighted by Gasteiger charge is -2.16. The summed E-state index contributed by atoms with van der Waals surface area (Å²) in [6.45, 7) is 1.03. The van der Waals surface area contributed by atoms with E-state index in [4.69, 9.17) is 4.74 Å². The molecular formula is C8H14N2O. The Morgan fingerprint density at radius 2 is 2.36 bits per heavy atom. The third-order valence-electron chi connectivity index (χ3n) is 1.51. The second kappa shape index (κ2) is 4.13. The van der Waals surface area contributed by atoms with Crippen molar-refractivity contribution in [3.05, 3.63) is 12.5 Å². The van der Waals surface area contributed by atoms with E-state index < -0.39 is 0 Å². The van der Waals surface area contributed by atoms with Crippen LogP contribution in [0.1, 0.15) is 6.42 Å². The molecule has 0 aliphatic carbocycles. The lowest BCUT2D eigenvalue weighted by molar-refractivity contribution is 0.181. The van der Waals surface area contributed by atoms with Crippen LogP contribution >= 0.6 is 0 Å². The van der Waals surface area contributed by atoms with E-state index in [1.807, 2.05) is 6.21 Å². The van der Waals surface area contributed by atoms with Crippen LogP contribution < -0.4 is 0 Å². The van der Waals surface area contributed by atoms with Crippen LogP contribution in [0.2, 0.25) is 0 Å². The molecule has 0 aromatic heterocycles. The summed E-state index contributed by atoms with van der Waals surface area (Å²) in [4.78, 5) is 6.12. The number of hydrogen-bond acceptors (Lipinski definition) is 3. The first-order chi connectivity index (χ1) is 5.29. The van der Waals surface area contributed by atoms with Gasteiger partial charge in [0.2, 0.25) is 0 Å². The monoisotopic (exact) mass is 154 g/mol. The summed E-state index contributed by atoms with van der Waals surface area (Å²) in [5, 5.41) is 0. The van der Waals surface area contributed by atoms with Gasteiger partial charge in [-0.3, -0.25) is 4.99 Å². The van der Waals surface area contributed by atoms with Crippen molar-refractivity contribution in [1.29, 1.82) is 0 Å². The zero-order valence-electron chi connectivity index (χ0n) is 7.03. The van der Waals surface area contributed by atoms with Crippen LogP contribution in [0.4, 0.5) is 0 Å². The fraction of sp³-hybridized carbons (Fsp3) is 0.625. The van der Waals surface area contributed by atoms with E-state index in [0.29, 0.717) is 0 Å². The van der Waals surface area contributed by atoms with Crippen molar-refractivity contribution >= 4 is 6.21 Å². The molecule has 0 aromatic carbocycles. The van der Waals surface area contributed by atoms with Crippen LogP contribution in [0.5, 0.6) is 0 Å². The summed E-state index contributed by atoms with van der Waals surface area (Å²) >= 11 is 0. The Morgan fingerprint density at radius 1 is 1.55 bits per heavy atom. The van der Waals surface area contributed by atoms with Gasteiger partial charge in [0.1, 0.15) is 12.4 Å². The first kappa shape index (κ1) is 8.27. The maximum Gasteiger partial charge on any atom is 0.134 e. The van der Waals surface area contributed by atoms with Gasteiger partial charge in [0, 0.05) is 19.2 Å². The lowest BCUT2D eigenvalue weighted by Crippen LogP contribution is -2.22. The van der Waals surface area contributed by atoms with Gasteiger partial charge in [-0.15, -0.1) is 0 Å². The van der Waals surface area contributed by atoms with Crippen LogP contribution in [0.25, 0.3) is 0 Å². The second-order valence-corrected chi connectivity index (χ2v) is 2.85. The molecule has 0 saturated carbocycles. The molecule has 3 heteroatoms. The maximum atomic E-state index is 5.27. The Kier molecular flexibility index (Phi) is 3.11. The molecule has 62 valence electrons. The molecule has 0 N–H and O–H groups in total. The highest BCUT2D eigenvalue weighted by Crippen LogP contribution is 2.01. The number of ether oxygens (including phenoxy) is 1. The highest BCUT2D eigenvalue weighted by atomic mass is 16.5.